The lowest BCUT2D eigenvalue weighted by Gasteiger charge is -2.22. The number of imidazole rings is 2. The normalized spacial score (nSPS) is 12.7. The van der Waals surface area contributed by atoms with Gasteiger partial charge in [0, 0.05) is 45.4 Å². The van der Waals surface area contributed by atoms with Gasteiger partial charge in [0.05, 0.1) is 13.1 Å². The van der Waals surface area contributed by atoms with Crippen LogP contribution in [0.15, 0.2) is 24.8 Å². The molecule has 22 heavy (non-hydrogen) atoms. The summed E-state index contributed by atoms with van der Waals surface area (Å²) in [4.78, 5) is 21.6. The summed E-state index contributed by atoms with van der Waals surface area (Å²) in [5, 5.41) is 8.92. The number of carboxylic acids is 1. The Bertz CT molecular complexity index is 578. The van der Waals surface area contributed by atoms with E-state index in [-0.39, 0.29) is 0 Å². The lowest BCUT2D eigenvalue weighted by molar-refractivity contribution is -0.138. The molecule has 8 heteroatoms. The first-order valence-corrected chi connectivity index (χ1v) is 7.10. The molecule has 120 valence electrons. The van der Waals surface area contributed by atoms with Gasteiger partial charge in [-0.2, -0.15) is 0 Å². The monoisotopic (exact) mass is 306 g/mol. The summed E-state index contributed by atoms with van der Waals surface area (Å²) in [5.41, 5.74) is 5.60. The van der Waals surface area contributed by atoms with E-state index in [1.54, 1.807) is 12.4 Å². The van der Waals surface area contributed by atoms with Crippen LogP contribution in [0.4, 0.5) is 0 Å². The predicted molar refractivity (Wildman–Crippen MR) is 80.8 cm³/mol. The molecule has 0 radical (unpaired) electrons. The van der Waals surface area contributed by atoms with E-state index < -0.39 is 12.0 Å². The smallest absolute Gasteiger partial charge is 0.320 e. The topological polar surface area (TPSA) is 102 Å². The molecule has 0 aliphatic carbocycles. The van der Waals surface area contributed by atoms with Crippen LogP contribution in [0.3, 0.4) is 0 Å². The van der Waals surface area contributed by atoms with E-state index in [1.807, 2.05) is 35.6 Å². The lowest BCUT2D eigenvalue weighted by atomic mass is 10.2. The zero-order valence-corrected chi connectivity index (χ0v) is 12.9. The van der Waals surface area contributed by atoms with Gasteiger partial charge in [0.25, 0.3) is 0 Å². The fourth-order valence-corrected chi connectivity index (χ4v) is 2.16. The summed E-state index contributed by atoms with van der Waals surface area (Å²) >= 11 is 0. The van der Waals surface area contributed by atoms with E-state index in [4.69, 9.17) is 10.8 Å². The van der Waals surface area contributed by atoms with Gasteiger partial charge in [0.2, 0.25) is 0 Å². The number of carboxylic acid groups (broad SMARTS) is 1. The number of aryl methyl sites for hydroxylation is 2. The van der Waals surface area contributed by atoms with Crippen LogP contribution in [0.25, 0.3) is 0 Å². The summed E-state index contributed by atoms with van der Waals surface area (Å²) < 4.78 is 3.89. The maximum absolute atomic E-state index is 10.9. The first-order valence-electron chi connectivity index (χ1n) is 7.10. The molecule has 2 aromatic heterocycles. The number of hydrogen-bond donors (Lipinski definition) is 2. The summed E-state index contributed by atoms with van der Waals surface area (Å²) in [5.74, 6) is 0.852. The molecule has 1 unspecified atom stereocenters. The largest absolute Gasteiger partial charge is 0.480 e. The zero-order valence-electron chi connectivity index (χ0n) is 12.9. The molecule has 2 rings (SSSR count). The maximum atomic E-state index is 10.9. The van der Waals surface area contributed by atoms with Crippen molar-refractivity contribution in [3.8, 4) is 0 Å². The van der Waals surface area contributed by atoms with Crippen molar-refractivity contribution in [3.63, 3.8) is 0 Å². The van der Waals surface area contributed by atoms with Crippen molar-refractivity contribution in [2.24, 2.45) is 19.8 Å². The highest BCUT2D eigenvalue weighted by molar-refractivity contribution is 5.72. The van der Waals surface area contributed by atoms with Gasteiger partial charge < -0.3 is 20.0 Å². The van der Waals surface area contributed by atoms with E-state index in [0.717, 1.165) is 11.6 Å². The maximum Gasteiger partial charge on any atom is 0.320 e. The lowest BCUT2D eigenvalue weighted by Crippen LogP contribution is -2.36. The standard InChI is InChI=1S/C14H22N6O2/c1-18-7-4-16-12(18)9-20(6-3-11(15)14(21)22)10-13-17-5-8-19(13)2/h4-5,7-8,11H,3,6,9-10,15H2,1-2H3,(H,21,22). The van der Waals surface area contributed by atoms with Gasteiger partial charge in [0.1, 0.15) is 17.7 Å². The summed E-state index contributed by atoms with van der Waals surface area (Å²) in [7, 11) is 3.87. The van der Waals surface area contributed by atoms with Gasteiger partial charge in [-0.15, -0.1) is 0 Å². The number of rotatable bonds is 8. The third kappa shape index (κ3) is 4.15. The molecule has 2 aromatic rings. The van der Waals surface area contributed by atoms with Crippen LogP contribution in [0.1, 0.15) is 18.1 Å². The van der Waals surface area contributed by atoms with E-state index in [9.17, 15) is 4.79 Å². The van der Waals surface area contributed by atoms with Crippen LogP contribution < -0.4 is 5.73 Å². The molecule has 0 spiro atoms. The van der Waals surface area contributed by atoms with Gasteiger partial charge in [0.15, 0.2) is 0 Å². The van der Waals surface area contributed by atoms with E-state index >= 15 is 0 Å². The minimum absolute atomic E-state index is 0.379. The van der Waals surface area contributed by atoms with Gasteiger partial charge in [-0.1, -0.05) is 0 Å². The molecule has 0 bridgehead atoms. The second kappa shape index (κ2) is 7.19. The average molecular weight is 306 g/mol. The number of nitrogens with two attached hydrogens (primary N) is 1. The molecule has 0 aliphatic rings. The van der Waals surface area contributed by atoms with Gasteiger partial charge >= 0.3 is 5.97 Å². The van der Waals surface area contributed by atoms with Crippen molar-refractivity contribution >= 4 is 5.97 Å². The quantitative estimate of drug-likeness (QED) is 0.709. The number of hydrogen-bond acceptors (Lipinski definition) is 5. The Morgan fingerprint density at radius 3 is 2.09 bits per heavy atom. The number of aliphatic carboxylic acids is 1. The highest BCUT2D eigenvalue weighted by atomic mass is 16.4. The Balaban J connectivity index is 2.04. The van der Waals surface area contributed by atoms with Crippen LogP contribution in [0.2, 0.25) is 0 Å². The predicted octanol–water partition coefficient (Wildman–Crippen LogP) is -0.0422. The van der Waals surface area contributed by atoms with Crippen LogP contribution in [0, 0.1) is 0 Å². The highest BCUT2D eigenvalue weighted by Crippen LogP contribution is 2.08. The molecule has 1 atom stereocenters. The molecule has 0 saturated heterocycles. The fraction of sp³-hybridized carbons (Fsp3) is 0.500. The highest BCUT2D eigenvalue weighted by Gasteiger charge is 2.17. The van der Waals surface area contributed by atoms with Gasteiger partial charge in [-0.05, 0) is 6.42 Å². The molecule has 0 aliphatic heterocycles. The summed E-state index contributed by atoms with van der Waals surface area (Å²) in [6.07, 6.45) is 7.65. The van der Waals surface area contributed by atoms with Gasteiger partial charge in [-0.3, -0.25) is 9.69 Å². The van der Waals surface area contributed by atoms with E-state index in [2.05, 4.69) is 14.9 Å². The minimum Gasteiger partial charge on any atom is -0.480 e. The van der Waals surface area contributed by atoms with Crippen molar-refractivity contribution in [1.29, 1.82) is 0 Å². The molecule has 0 amide bonds. The molecule has 3 N–H and O–H groups in total. The number of aromatic nitrogens is 4. The SMILES string of the molecule is Cn1ccnc1CN(CCC(N)C(=O)O)Cc1nccn1C. The number of nitrogens with zero attached hydrogens (tertiary/aromatic N) is 5. The second-order valence-electron chi connectivity index (χ2n) is 5.35. The molecule has 0 saturated carbocycles. The molecule has 2 heterocycles. The van der Waals surface area contributed by atoms with Crippen molar-refractivity contribution in [2.45, 2.75) is 25.6 Å². The van der Waals surface area contributed by atoms with Crippen molar-refractivity contribution in [1.82, 2.24) is 24.0 Å². The number of carbonyl (C=O) groups is 1. The van der Waals surface area contributed by atoms with Crippen molar-refractivity contribution in [3.05, 3.63) is 36.4 Å². The first-order chi connectivity index (χ1) is 10.5. The Hall–Kier alpha value is -2.19. The molecule has 8 nitrogen and oxygen atoms in total. The Morgan fingerprint density at radius 1 is 1.23 bits per heavy atom. The van der Waals surface area contributed by atoms with E-state index in [1.165, 1.54) is 0 Å². The summed E-state index contributed by atoms with van der Waals surface area (Å²) in [6.45, 7) is 1.79. The molecular weight excluding hydrogens is 284 g/mol. The Labute approximate surface area is 129 Å². The third-order valence-electron chi connectivity index (χ3n) is 3.65. The van der Waals surface area contributed by atoms with Crippen molar-refractivity contribution < 1.29 is 9.90 Å². The third-order valence-corrected chi connectivity index (χ3v) is 3.65. The molecular formula is C14H22N6O2. The van der Waals surface area contributed by atoms with Gasteiger partial charge in [-0.25, -0.2) is 9.97 Å². The molecule has 0 fully saturated rings. The van der Waals surface area contributed by atoms with Crippen LogP contribution in [0.5, 0.6) is 0 Å². The summed E-state index contributed by atoms with van der Waals surface area (Å²) in [6, 6.07) is -0.856. The Kier molecular flexibility index (Phi) is 5.29. The van der Waals surface area contributed by atoms with Crippen LogP contribution in [-0.2, 0) is 32.0 Å². The molecule has 0 aromatic carbocycles. The fourth-order valence-electron chi connectivity index (χ4n) is 2.16. The first kappa shape index (κ1) is 16.2. The minimum atomic E-state index is -0.978. The zero-order chi connectivity index (χ0) is 16.1. The van der Waals surface area contributed by atoms with Crippen LogP contribution >= 0.6 is 0 Å². The Morgan fingerprint density at radius 2 is 1.73 bits per heavy atom. The van der Waals surface area contributed by atoms with Crippen molar-refractivity contribution in [2.75, 3.05) is 6.54 Å². The van der Waals surface area contributed by atoms with Crippen LogP contribution in [-0.4, -0.2) is 47.7 Å². The average Bonchev–Trinajstić information content (AvgIpc) is 3.05. The van der Waals surface area contributed by atoms with E-state index in [0.29, 0.717) is 26.1 Å². The second-order valence-corrected chi connectivity index (χ2v) is 5.35.